The number of amides is 2. The molecular weight excluding hydrogens is 504 g/mol. The molecule has 1 heterocycles. The van der Waals surface area contributed by atoms with E-state index in [1.165, 1.54) is 4.90 Å². The minimum absolute atomic E-state index is 0.145. The number of carbonyl (C=O) groups excluding carboxylic acids is 2. The second kappa shape index (κ2) is 11.2. The number of hydrogen-bond acceptors (Lipinski definition) is 5. The van der Waals surface area contributed by atoms with E-state index in [0.717, 1.165) is 16.7 Å². The van der Waals surface area contributed by atoms with Crippen LogP contribution in [0.1, 0.15) is 76.3 Å². The van der Waals surface area contributed by atoms with Crippen LogP contribution in [0.5, 0.6) is 17.2 Å². The third-order valence-electron chi connectivity index (χ3n) is 7.20. The summed E-state index contributed by atoms with van der Waals surface area (Å²) in [4.78, 5) is 28.6. The fourth-order valence-corrected chi connectivity index (χ4v) is 4.92. The maximum absolute atomic E-state index is 13.6. The number of nitrogens with zero attached hydrogens (tertiary/aromatic N) is 1. The summed E-state index contributed by atoms with van der Waals surface area (Å²) < 4.78 is 10.8. The third kappa shape index (κ3) is 6.41. The van der Waals surface area contributed by atoms with Gasteiger partial charge in [0.15, 0.2) is 11.5 Å². The first kappa shape index (κ1) is 29.0. The van der Waals surface area contributed by atoms with E-state index in [1.807, 2.05) is 42.5 Å². The lowest BCUT2D eigenvalue weighted by Crippen LogP contribution is -2.38. The molecule has 1 atom stereocenters. The second-order valence-corrected chi connectivity index (χ2v) is 12.4. The fourth-order valence-electron chi connectivity index (χ4n) is 4.92. The van der Waals surface area contributed by atoms with Crippen LogP contribution < -0.4 is 14.8 Å². The van der Waals surface area contributed by atoms with Crippen molar-refractivity contribution in [2.45, 2.75) is 71.3 Å². The number of rotatable bonds is 7. The molecule has 0 radical (unpaired) electrons. The molecule has 2 N–H and O–H groups in total. The SMILES string of the molecule is CN(C(=O)CCc1cc(C(C)(C)C)c(O)c(C(C)(C)C)c1)[C@H](C(=O)Nc1ccc2c(c1)OCO2)c1ccccc1. The highest BCUT2D eigenvalue weighted by Gasteiger charge is 2.30. The lowest BCUT2D eigenvalue weighted by atomic mass is 9.78. The van der Waals surface area contributed by atoms with Crippen LogP contribution in [0.2, 0.25) is 0 Å². The van der Waals surface area contributed by atoms with E-state index in [-0.39, 0.29) is 35.9 Å². The van der Waals surface area contributed by atoms with Crippen LogP contribution in [0.4, 0.5) is 5.69 Å². The van der Waals surface area contributed by atoms with E-state index in [2.05, 4.69) is 46.9 Å². The molecule has 2 amide bonds. The van der Waals surface area contributed by atoms with E-state index in [1.54, 1.807) is 25.2 Å². The number of phenolic OH excluding ortho intramolecular Hbond substituents is 1. The number of fused-ring (bicyclic) bond motifs is 1. The highest BCUT2D eigenvalue weighted by Crippen LogP contribution is 2.40. The van der Waals surface area contributed by atoms with Gasteiger partial charge in [-0.25, -0.2) is 0 Å². The molecule has 4 rings (SSSR count). The fraction of sp³-hybridized carbons (Fsp3) is 0.394. The first-order chi connectivity index (χ1) is 18.8. The zero-order valence-electron chi connectivity index (χ0n) is 24.5. The van der Waals surface area contributed by atoms with E-state index in [0.29, 0.717) is 34.9 Å². The number of anilines is 1. The van der Waals surface area contributed by atoms with Crippen molar-refractivity contribution in [2.75, 3.05) is 19.2 Å². The van der Waals surface area contributed by atoms with Crippen LogP contribution in [0.15, 0.2) is 60.7 Å². The summed E-state index contributed by atoms with van der Waals surface area (Å²) in [6.45, 7) is 12.6. The summed E-state index contributed by atoms with van der Waals surface area (Å²) >= 11 is 0. The molecule has 0 aromatic heterocycles. The predicted octanol–water partition coefficient (Wildman–Crippen LogP) is 6.49. The summed E-state index contributed by atoms with van der Waals surface area (Å²) in [7, 11) is 1.66. The number of aromatic hydroxyl groups is 1. The average Bonchev–Trinajstić information content (AvgIpc) is 3.35. The molecule has 3 aromatic carbocycles. The molecular formula is C33H40N2O5. The van der Waals surface area contributed by atoms with Crippen LogP contribution in [0.3, 0.4) is 0 Å². The van der Waals surface area contributed by atoms with Crippen LogP contribution in [0.25, 0.3) is 0 Å². The Labute approximate surface area is 237 Å². The molecule has 0 spiro atoms. The van der Waals surface area contributed by atoms with Gasteiger partial charge >= 0.3 is 0 Å². The van der Waals surface area contributed by atoms with Gasteiger partial charge in [0.05, 0.1) is 0 Å². The molecule has 0 fully saturated rings. The highest BCUT2D eigenvalue weighted by atomic mass is 16.7. The zero-order chi connectivity index (χ0) is 29.2. The van der Waals surface area contributed by atoms with Gasteiger partial charge in [-0.1, -0.05) is 84.0 Å². The van der Waals surface area contributed by atoms with Gasteiger partial charge in [-0.3, -0.25) is 9.59 Å². The molecule has 1 aliphatic rings. The zero-order valence-corrected chi connectivity index (χ0v) is 24.5. The van der Waals surface area contributed by atoms with E-state index in [9.17, 15) is 14.7 Å². The van der Waals surface area contributed by atoms with Crippen molar-refractivity contribution in [3.05, 3.63) is 82.9 Å². The minimum Gasteiger partial charge on any atom is -0.507 e. The van der Waals surface area contributed by atoms with E-state index < -0.39 is 6.04 Å². The van der Waals surface area contributed by atoms with Gasteiger partial charge in [0.25, 0.3) is 5.91 Å². The minimum atomic E-state index is -0.825. The van der Waals surface area contributed by atoms with Crippen LogP contribution in [-0.4, -0.2) is 35.7 Å². The van der Waals surface area contributed by atoms with Gasteiger partial charge in [0.1, 0.15) is 11.8 Å². The number of hydrogen-bond donors (Lipinski definition) is 2. The molecule has 0 aliphatic carbocycles. The Hall–Kier alpha value is -4.00. The van der Waals surface area contributed by atoms with Crippen molar-refractivity contribution in [1.82, 2.24) is 4.90 Å². The van der Waals surface area contributed by atoms with Gasteiger partial charge in [-0.05, 0) is 51.6 Å². The summed E-state index contributed by atoms with van der Waals surface area (Å²) in [5.41, 5.74) is 3.46. The topological polar surface area (TPSA) is 88.1 Å². The second-order valence-electron chi connectivity index (χ2n) is 12.4. The number of phenols is 1. The highest BCUT2D eigenvalue weighted by molar-refractivity contribution is 5.98. The average molecular weight is 545 g/mol. The number of likely N-dealkylation sites (N-methyl/N-ethyl adjacent to an activating group) is 1. The number of ether oxygens (including phenoxy) is 2. The van der Waals surface area contributed by atoms with Crippen LogP contribution in [-0.2, 0) is 26.8 Å². The standard InChI is InChI=1S/C33H40N2O5/c1-32(2,3)24-17-21(18-25(30(24)37)33(4,5)6)13-16-28(36)35(7)29(22-11-9-8-10-12-22)31(38)34-23-14-15-26-27(19-23)40-20-39-26/h8-12,14-15,17-19,29,37H,13,16,20H2,1-7H3,(H,34,38)/t29-/m0/s1. The molecule has 7 heteroatoms. The largest absolute Gasteiger partial charge is 0.507 e. The van der Waals surface area contributed by atoms with Crippen molar-refractivity contribution >= 4 is 17.5 Å². The summed E-state index contributed by atoms with van der Waals surface area (Å²) in [5, 5.41) is 14.0. The number of benzene rings is 3. The first-order valence-electron chi connectivity index (χ1n) is 13.6. The Bertz CT molecular complexity index is 1350. The van der Waals surface area contributed by atoms with Crippen molar-refractivity contribution in [2.24, 2.45) is 0 Å². The number of nitrogens with one attached hydrogen (secondary N) is 1. The van der Waals surface area contributed by atoms with Gasteiger partial charge in [-0.15, -0.1) is 0 Å². The molecule has 40 heavy (non-hydrogen) atoms. The van der Waals surface area contributed by atoms with Gasteiger partial charge in [-0.2, -0.15) is 0 Å². The normalized spacial score (nSPS) is 13.6. The maximum atomic E-state index is 13.6. The Morgan fingerprint density at radius 1 is 0.900 bits per heavy atom. The smallest absolute Gasteiger partial charge is 0.251 e. The maximum Gasteiger partial charge on any atom is 0.251 e. The van der Waals surface area contributed by atoms with Crippen LogP contribution in [0, 0.1) is 0 Å². The summed E-state index contributed by atoms with van der Waals surface area (Å²) in [5.74, 6) is 1.03. The first-order valence-corrected chi connectivity index (χ1v) is 13.6. The summed E-state index contributed by atoms with van der Waals surface area (Å²) in [6.07, 6.45) is 0.704. The molecule has 7 nitrogen and oxygen atoms in total. The molecule has 0 saturated carbocycles. The molecule has 0 unspecified atom stereocenters. The number of aryl methyl sites for hydroxylation is 1. The van der Waals surface area contributed by atoms with E-state index >= 15 is 0 Å². The van der Waals surface area contributed by atoms with Crippen molar-refractivity contribution < 1.29 is 24.2 Å². The Balaban J connectivity index is 1.56. The van der Waals surface area contributed by atoms with Crippen molar-refractivity contribution in [3.63, 3.8) is 0 Å². The van der Waals surface area contributed by atoms with Gasteiger partial charge in [0, 0.05) is 25.2 Å². The summed E-state index contributed by atoms with van der Waals surface area (Å²) in [6, 6.07) is 17.7. The quantitative estimate of drug-likeness (QED) is 0.355. The van der Waals surface area contributed by atoms with Gasteiger partial charge in [0.2, 0.25) is 12.7 Å². The molecule has 212 valence electrons. The van der Waals surface area contributed by atoms with E-state index in [4.69, 9.17) is 9.47 Å². The van der Waals surface area contributed by atoms with Gasteiger partial charge < -0.3 is 24.8 Å². The lowest BCUT2D eigenvalue weighted by Gasteiger charge is -2.29. The van der Waals surface area contributed by atoms with Crippen molar-refractivity contribution in [3.8, 4) is 17.2 Å². The Morgan fingerprint density at radius 3 is 2.10 bits per heavy atom. The van der Waals surface area contributed by atoms with Crippen LogP contribution >= 0.6 is 0 Å². The Kier molecular flexibility index (Phi) is 8.15. The molecule has 0 bridgehead atoms. The molecule has 3 aromatic rings. The molecule has 0 saturated heterocycles. The number of carbonyl (C=O) groups is 2. The monoisotopic (exact) mass is 544 g/mol. The van der Waals surface area contributed by atoms with Crippen molar-refractivity contribution in [1.29, 1.82) is 0 Å². The third-order valence-corrected chi connectivity index (χ3v) is 7.20. The predicted molar refractivity (Wildman–Crippen MR) is 157 cm³/mol. The lowest BCUT2D eigenvalue weighted by molar-refractivity contribution is -0.137. The Morgan fingerprint density at radius 2 is 1.50 bits per heavy atom. The molecule has 1 aliphatic heterocycles.